The van der Waals surface area contributed by atoms with Gasteiger partial charge in [0.05, 0.1) is 10.8 Å². The lowest BCUT2D eigenvalue weighted by atomic mass is 9.89. The van der Waals surface area contributed by atoms with E-state index in [-0.39, 0.29) is 41.2 Å². The number of piperidine rings is 1. The Hall–Kier alpha value is -3.24. The van der Waals surface area contributed by atoms with Gasteiger partial charge in [-0.3, -0.25) is 14.4 Å². The molecule has 2 fully saturated rings. The summed E-state index contributed by atoms with van der Waals surface area (Å²) in [5, 5.41) is 8.82. The number of nitrogens with one attached hydrogen (secondary N) is 3. The van der Waals surface area contributed by atoms with E-state index in [1.54, 1.807) is 24.3 Å². The zero-order chi connectivity index (χ0) is 26.4. The van der Waals surface area contributed by atoms with Crippen LogP contribution in [0.5, 0.6) is 0 Å². The van der Waals surface area contributed by atoms with E-state index in [4.69, 9.17) is 0 Å². The van der Waals surface area contributed by atoms with Gasteiger partial charge >= 0.3 is 0 Å². The Kier molecular flexibility index (Phi) is 8.60. The molecule has 3 N–H and O–H groups in total. The third kappa shape index (κ3) is 6.75. The van der Waals surface area contributed by atoms with Crippen molar-refractivity contribution in [1.29, 1.82) is 0 Å². The number of rotatable bonds is 7. The van der Waals surface area contributed by atoms with Gasteiger partial charge in [-0.15, -0.1) is 0 Å². The number of hydrogen-bond acceptors (Lipinski definition) is 5. The molecule has 1 aliphatic carbocycles. The first kappa shape index (κ1) is 26.8. The average molecular weight is 527 g/mol. The summed E-state index contributed by atoms with van der Waals surface area (Å²) < 4.78 is 27.9. The van der Waals surface area contributed by atoms with Gasteiger partial charge in [0.25, 0.3) is 5.91 Å². The van der Waals surface area contributed by atoms with Crippen LogP contribution in [0.15, 0.2) is 59.5 Å². The van der Waals surface area contributed by atoms with Gasteiger partial charge in [-0.1, -0.05) is 31.0 Å². The molecule has 1 saturated carbocycles. The Balaban J connectivity index is 1.38. The van der Waals surface area contributed by atoms with E-state index in [1.807, 2.05) is 18.2 Å². The minimum Gasteiger partial charge on any atom is -0.351 e. The Morgan fingerprint density at radius 1 is 0.838 bits per heavy atom. The maximum absolute atomic E-state index is 13.2. The first-order valence-electron chi connectivity index (χ1n) is 12.8. The number of carbonyl (C=O) groups is 3. The molecule has 3 atom stereocenters. The van der Waals surface area contributed by atoms with Gasteiger partial charge in [0.15, 0.2) is 0 Å². The second kappa shape index (κ2) is 11.9. The van der Waals surface area contributed by atoms with Crippen LogP contribution in [0.2, 0.25) is 0 Å². The highest BCUT2D eigenvalue weighted by atomic mass is 32.2. The van der Waals surface area contributed by atoms with Crippen molar-refractivity contribution in [2.45, 2.75) is 62.4 Å². The van der Waals surface area contributed by atoms with Crippen molar-refractivity contribution in [3.63, 3.8) is 0 Å². The zero-order valence-electron chi connectivity index (χ0n) is 21.0. The lowest BCUT2D eigenvalue weighted by molar-refractivity contribution is -0.127. The summed E-state index contributed by atoms with van der Waals surface area (Å²) in [5.74, 6) is -1.03. The van der Waals surface area contributed by atoms with Gasteiger partial charge in [-0.05, 0) is 62.1 Å². The van der Waals surface area contributed by atoms with Gasteiger partial charge < -0.3 is 16.0 Å². The summed E-state index contributed by atoms with van der Waals surface area (Å²) in [5.41, 5.74) is 1.10. The predicted octanol–water partition coefficient (Wildman–Crippen LogP) is 2.90. The number of anilines is 1. The maximum Gasteiger partial charge on any atom is 0.251 e. The fraction of sp³-hybridized carbons (Fsp3) is 0.444. The van der Waals surface area contributed by atoms with Crippen LogP contribution in [0, 0.1) is 5.92 Å². The highest BCUT2D eigenvalue weighted by Crippen LogP contribution is 2.26. The second-order valence-corrected chi connectivity index (χ2v) is 11.7. The normalized spacial score (nSPS) is 22.6. The number of amides is 3. The van der Waals surface area contributed by atoms with E-state index in [2.05, 4.69) is 16.0 Å². The van der Waals surface area contributed by atoms with Crippen LogP contribution >= 0.6 is 0 Å². The molecule has 0 spiro atoms. The summed E-state index contributed by atoms with van der Waals surface area (Å²) in [6.07, 6.45) is 4.67. The molecule has 3 amide bonds. The standard InChI is InChI=1S/C27H34N4O5S/c1-19(32)28-22-13-15-23(16-14-22)37(35,36)31-17-7-10-21(18-31)27(34)30-25-12-6-5-11-24(25)29-26(33)20-8-3-2-4-9-20/h2-4,8-9,13-16,21,24-25H,5-7,10-12,17-18H2,1H3,(H,28,32)(H,29,33)(H,30,34)/t21-,24-,25-/m1/s1. The molecule has 1 heterocycles. The molecule has 1 aliphatic heterocycles. The Bertz CT molecular complexity index is 1220. The van der Waals surface area contributed by atoms with E-state index in [0.29, 0.717) is 30.6 Å². The lowest BCUT2D eigenvalue weighted by Gasteiger charge is -2.36. The molecule has 2 aromatic rings. The van der Waals surface area contributed by atoms with Gasteiger partial charge in [0.2, 0.25) is 21.8 Å². The van der Waals surface area contributed by atoms with Crippen LogP contribution in [-0.2, 0) is 19.6 Å². The highest BCUT2D eigenvalue weighted by molar-refractivity contribution is 7.89. The molecule has 9 nitrogen and oxygen atoms in total. The van der Waals surface area contributed by atoms with Gasteiger partial charge in [0, 0.05) is 43.3 Å². The largest absolute Gasteiger partial charge is 0.351 e. The first-order valence-corrected chi connectivity index (χ1v) is 14.2. The molecule has 2 aliphatic rings. The Morgan fingerprint density at radius 2 is 1.49 bits per heavy atom. The van der Waals surface area contributed by atoms with E-state index in [0.717, 1.165) is 25.7 Å². The lowest BCUT2D eigenvalue weighted by Crippen LogP contribution is -2.55. The first-order chi connectivity index (χ1) is 17.7. The fourth-order valence-electron chi connectivity index (χ4n) is 5.06. The van der Waals surface area contributed by atoms with Crippen LogP contribution in [0.1, 0.15) is 55.8 Å². The van der Waals surface area contributed by atoms with Crippen molar-refractivity contribution in [3.05, 3.63) is 60.2 Å². The quantitative estimate of drug-likeness (QED) is 0.512. The van der Waals surface area contributed by atoms with Crippen molar-refractivity contribution >= 4 is 33.4 Å². The summed E-state index contributed by atoms with van der Waals surface area (Å²) >= 11 is 0. The summed E-state index contributed by atoms with van der Waals surface area (Å²) in [6.45, 7) is 1.84. The molecule has 10 heteroatoms. The molecule has 4 rings (SSSR count). The molecular weight excluding hydrogens is 492 g/mol. The molecule has 0 radical (unpaired) electrons. The van der Waals surface area contributed by atoms with E-state index >= 15 is 0 Å². The Morgan fingerprint density at radius 3 is 2.14 bits per heavy atom. The second-order valence-electron chi connectivity index (χ2n) is 9.75. The topological polar surface area (TPSA) is 125 Å². The summed E-state index contributed by atoms with van der Waals surface area (Å²) in [4.78, 5) is 37.3. The third-order valence-corrected chi connectivity index (χ3v) is 8.89. The molecule has 198 valence electrons. The van der Waals surface area contributed by atoms with E-state index in [9.17, 15) is 22.8 Å². The predicted molar refractivity (Wildman–Crippen MR) is 140 cm³/mol. The van der Waals surface area contributed by atoms with Crippen LogP contribution in [0.25, 0.3) is 0 Å². The average Bonchev–Trinajstić information content (AvgIpc) is 2.90. The number of benzene rings is 2. The van der Waals surface area contributed by atoms with Crippen molar-refractivity contribution in [3.8, 4) is 0 Å². The van der Waals surface area contributed by atoms with Crippen molar-refractivity contribution in [1.82, 2.24) is 14.9 Å². The van der Waals surface area contributed by atoms with Gasteiger partial charge in [-0.25, -0.2) is 8.42 Å². The fourth-order valence-corrected chi connectivity index (χ4v) is 6.58. The molecule has 0 unspecified atom stereocenters. The molecule has 0 aromatic heterocycles. The van der Waals surface area contributed by atoms with Crippen LogP contribution < -0.4 is 16.0 Å². The van der Waals surface area contributed by atoms with Crippen LogP contribution in [-0.4, -0.2) is 55.6 Å². The number of nitrogens with zero attached hydrogens (tertiary/aromatic N) is 1. The zero-order valence-corrected chi connectivity index (χ0v) is 21.8. The van der Waals surface area contributed by atoms with Crippen molar-refractivity contribution in [2.75, 3.05) is 18.4 Å². The van der Waals surface area contributed by atoms with Crippen LogP contribution in [0.4, 0.5) is 5.69 Å². The molecule has 2 aromatic carbocycles. The monoisotopic (exact) mass is 526 g/mol. The number of carbonyl (C=O) groups excluding carboxylic acids is 3. The van der Waals surface area contributed by atoms with Gasteiger partial charge in [0.1, 0.15) is 0 Å². The van der Waals surface area contributed by atoms with Crippen molar-refractivity contribution < 1.29 is 22.8 Å². The van der Waals surface area contributed by atoms with Crippen LogP contribution in [0.3, 0.4) is 0 Å². The minimum atomic E-state index is -3.78. The molecule has 37 heavy (non-hydrogen) atoms. The van der Waals surface area contributed by atoms with E-state index < -0.39 is 15.9 Å². The van der Waals surface area contributed by atoms with Crippen molar-refractivity contribution in [2.24, 2.45) is 5.92 Å². The SMILES string of the molecule is CC(=O)Nc1ccc(S(=O)(=O)N2CCC[C@@H](C(=O)N[C@@H]3CCCC[C@H]3NC(=O)c3ccccc3)C2)cc1. The molecule has 1 saturated heterocycles. The highest BCUT2D eigenvalue weighted by Gasteiger charge is 2.35. The third-order valence-electron chi connectivity index (χ3n) is 7.01. The maximum atomic E-state index is 13.2. The smallest absolute Gasteiger partial charge is 0.251 e. The summed E-state index contributed by atoms with van der Waals surface area (Å²) in [6, 6.07) is 14.7. The van der Waals surface area contributed by atoms with E-state index in [1.165, 1.54) is 23.4 Å². The molecule has 0 bridgehead atoms. The Labute approximate surface area is 218 Å². The van der Waals surface area contributed by atoms with Gasteiger partial charge in [-0.2, -0.15) is 4.31 Å². The number of hydrogen-bond donors (Lipinski definition) is 3. The number of sulfonamides is 1. The minimum absolute atomic E-state index is 0.107. The molecular formula is C27H34N4O5S. The summed E-state index contributed by atoms with van der Waals surface area (Å²) in [7, 11) is -3.78.